The molecule has 2 aromatic carbocycles. The minimum Gasteiger partial charge on any atom is -0.310 e. The molecule has 0 N–H and O–H groups in total. The normalized spacial score (nSPS) is 13.7. The number of benzene rings is 2. The molecular formula is C18H21O2P. The Morgan fingerprint density at radius 3 is 2.00 bits per heavy atom. The van der Waals surface area contributed by atoms with Crippen molar-refractivity contribution >= 4 is 18.0 Å². The fourth-order valence-electron chi connectivity index (χ4n) is 2.81. The zero-order valence-electron chi connectivity index (χ0n) is 13.0. The largest absolute Gasteiger partial charge is 0.310 e. The Hall–Kier alpha value is -1.66. The highest BCUT2D eigenvalue weighted by molar-refractivity contribution is 7.87. The first-order valence-corrected chi connectivity index (χ1v) is 9.06. The van der Waals surface area contributed by atoms with E-state index in [1.807, 2.05) is 58.0 Å². The Kier molecular flexibility index (Phi) is 4.49. The molecule has 0 aliphatic rings. The summed E-state index contributed by atoms with van der Waals surface area (Å²) in [6.45, 7) is 7.66. The molecule has 0 fully saturated rings. The third-order valence-corrected chi connectivity index (χ3v) is 6.74. The van der Waals surface area contributed by atoms with Crippen LogP contribution in [0.3, 0.4) is 0 Å². The minimum atomic E-state index is -3.07. The molecule has 3 heteroatoms. The Balaban J connectivity index is 2.60. The van der Waals surface area contributed by atoms with E-state index >= 15 is 0 Å². The van der Waals surface area contributed by atoms with Crippen molar-refractivity contribution in [2.75, 3.05) is 6.16 Å². The number of rotatable bonds is 4. The molecule has 0 amide bonds. The van der Waals surface area contributed by atoms with Crippen LogP contribution in [0.1, 0.15) is 34.0 Å². The first kappa shape index (κ1) is 15.7. The molecule has 1 atom stereocenters. The first-order valence-electron chi connectivity index (χ1n) is 7.17. The lowest BCUT2D eigenvalue weighted by molar-refractivity contribution is 0.107. The maximum absolute atomic E-state index is 13.3. The first-order chi connectivity index (χ1) is 9.90. The van der Waals surface area contributed by atoms with Crippen LogP contribution in [-0.4, -0.2) is 11.7 Å². The van der Waals surface area contributed by atoms with Crippen molar-refractivity contribution in [3.05, 3.63) is 64.7 Å². The van der Waals surface area contributed by atoms with E-state index < -0.39 is 7.14 Å². The maximum Gasteiger partial charge on any atom is 0.226 e. The number of aryl methyl sites for hydroxylation is 3. The average molecular weight is 300 g/mol. The van der Waals surface area contributed by atoms with Crippen molar-refractivity contribution in [3.8, 4) is 0 Å². The second kappa shape index (κ2) is 5.99. The molecule has 0 saturated carbocycles. The molecule has 0 saturated heterocycles. The summed E-state index contributed by atoms with van der Waals surface area (Å²) in [4.78, 5) is 13.0. The van der Waals surface area contributed by atoms with Crippen LogP contribution in [-0.2, 0) is 4.57 Å². The highest BCUT2D eigenvalue weighted by Gasteiger charge is 2.34. The van der Waals surface area contributed by atoms with Gasteiger partial charge in [-0.05, 0) is 31.9 Å². The maximum atomic E-state index is 13.3. The topological polar surface area (TPSA) is 34.1 Å². The molecule has 0 aliphatic carbocycles. The van der Waals surface area contributed by atoms with E-state index in [9.17, 15) is 9.36 Å². The van der Waals surface area contributed by atoms with Gasteiger partial charge >= 0.3 is 0 Å². The van der Waals surface area contributed by atoms with Crippen LogP contribution in [0.5, 0.6) is 0 Å². The summed E-state index contributed by atoms with van der Waals surface area (Å²) < 4.78 is 13.3. The van der Waals surface area contributed by atoms with Gasteiger partial charge in [0.1, 0.15) is 0 Å². The van der Waals surface area contributed by atoms with Gasteiger partial charge in [0.05, 0.1) is 0 Å². The molecule has 2 nitrogen and oxygen atoms in total. The smallest absolute Gasteiger partial charge is 0.226 e. The van der Waals surface area contributed by atoms with E-state index in [1.54, 1.807) is 12.1 Å². The van der Waals surface area contributed by atoms with E-state index in [1.165, 1.54) is 0 Å². The molecule has 0 spiro atoms. The van der Waals surface area contributed by atoms with Crippen molar-refractivity contribution < 1.29 is 9.36 Å². The fourth-order valence-corrected chi connectivity index (χ4v) is 5.06. The Morgan fingerprint density at radius 1 is 1.00 bits per heavy atom. The van der Waals surface area contributed by atoms with Crippen LogP contribution < -0.4 is 5.30 Å². The number of carbonyl (C=O) groups is 1. The third kappa shape index (κ3) is 2.87. The lowest BCUT2D eigenvalue weighted by atomic mass is 10.0. The van der Waals surface area contributed by atoms with Crippen LogP contribution in [0, 0.1) is 20.8 Å². The van der Waals surface area contributed by atoms with Crippen molar-refractivity contribution in [2.24, 2.45) is 0 Å². The SMILES string of the molecule is CCP(=O)(C(=O)c1c(C)cc(C)cc1C)c1ccccc1. The Labute approximate surface area is 126 Å². The van der Waals surface area contributed by atoms with Gasteiger partial charge in [-0.25, -0.2) is 0 Å². The summed E-state index contributed by atoms with van der Waals surface area (Å²) in [6.07, 6.45) is 0.350. The molecule has 0 bridgehead atoms. The van der Waals surface area contributed by atoms with Gasteiger partial charge in [0.15, 0.2) is 7.14 Å². The predicted molar refractivity (Wildman–Crippen MR) is 89.2 cm³/mol. The zero-order chi connectivity index (χ0) is 15.6. The molecule has 2 aromatic rings. The van der Waals surface area contributed by atoms with E-state index in [4.69, 9.17) is 0 Å². The Bertz CT molecular complexity index is 694. The minimum absolute atomic E-state index is 0.216. The predicted octanol–water partition coefficient (Wildman–Crippen LogP) is 4.46. The Morgan fingerprint density at radius 2 is 1.52 bits per heavy atom. The van der Waals surface area contributed by atoms with Gasteiger partial charge in [0.25, 0.3) is 0 Å². The van der Waals surface area contributed by atoms with Gasteiger partial charge in [0.2, 0.25) is 5.52 Å². The van der Waals surface area contributed by atoms with E-state index in [0.29, 0.717) is 17.0 Å². The van der Waals surface area contributed by atoms with Crippen LogP contribution in [0.25, 0.3) is 0 Å². The summed E-state index contributed by atoms with van der Waals surface area (Å²) in [5.41, 5.74) is 3.33. The van der Waals surface area contributed by atoms with Gasteiger partial charge in [-0.1, -0.05) is 55.0 Å². The summed E-state index contributed by atoms with van der Waals surface area (Å²) in [7, 11) is -3.07. The van der Waals surface area contributed by atoms with Crippen LogP contribution in [0.15, 0.2) is 42.5 Å². The van der Waals surface area contributed by atoms with Crippen molar-refractivity contribution in [3.63, 3.8) is 0 Å². The van der Waals surface area contributed by atoms with Gasteiger partial charge in [-0.3, -0.25) is 4.79 Å². The summed E-state index contributed by atoms with van der Waals surface area (Å²) in [5.74, 6) is 0. The molecule has 0 heterocycles. The zero-order valence-corrected chi connectivity index (χ0v) is 13.9. The third-order valence-electron chi connectivity index (χ3n) is 3.84. The fraction of sp³-hybridized carbons (Fsp3) is 0.278. The second-order valence-electron chi connectivity index (χ2n) is 5.47. The molecule has 1 unspecified atom stereocenters. The summed E-state index contributed by atoms with van der Waals surface area (Å²) in [5, 5.41) is 0.650. The molecule has 21 heavy (non-hydrogen) atoms. The van der Waals surface area contributed by atoms with Gasteiger partial charge in [-0.15, -0.1) is 0 Å². The quantitative estimate of drug-likeness (QED) is 0.781. The monoisotopic (exact) mass is 300 g/mol. The van der Waals surface area contributed by atoms with Crippen molar-refractivity contribution in [1.29, 1.82) is 0 Å². The number of hydrogen-bond donors (Lipinski definition) is 0. The van der Waals surface area contributed by atoms with Gasteiger partial charge in [0, 0.05) is 17.0 Å². The van der Waals surface area contributed by atoms with E-state index in [-0.39, 0.29) is 5.52 Å². The molecule has 110 valence electrons. The lowest BCUT2D eigenvalue weighted by Crippen LogP contribution is -2.16. The average Bonchev–Trinajstić information content (AvgIpc) is 2.46. The molecule has 0 aliphatic heterocycles. The van der Waals surface area contributed by atoms with Crippen molar-refractivity contribution in [1.82, 2.24) is 0 Å². The molecule has 2 rings (SSSR count). The van der Waals surface area contributed by atoms with Crippen LogP contribution in [0.4, 0.5) is 0 Å². The van der Waals surface area contributed by atoms with Gasteiger partial charge < -0.3 is 4.57 Å². The highest BCUT2D eigenvalue weighted by atomic mass is 31.2. The lowest BCUT2D eigenvalue weighted by Gasteiger charge is -2.18. The molecule has 0 radical (unpaired) electrons. The number of hydrogen-bond acceptors (Lipinski definition) is 2. The van der Waals surface area contributed by atoms with E-state index in [0.717, 1.165) is 16.7 Å². The van der Waals surface area contributed by atoms with E-state index in [2.05, 4.69) is 0 Å². The second-order valence-corrected chi connectivity index (χ2v) is 8.50. The van der Waals surface area contributed by atoms with Crippen LogP contribution in [0.2, 0.25) is 0 Å². The van der Waals surface area contributed by atoms with Crippen LogP contribution >= 0.6 is 7.14 Å². The standard InChI is InChI=1S/C18H21O2P/c1-5-21(20,16-9-7-6-8-10-16)18(19)17-14(3)11-13(2)12-15(17)4/h6-12H,5H2,1-4H3. The van der Waals surface area contributed by atoms with Crippen molar-refractivity contribution in [2.45, 2.75) is 27.7 Å². The van der Waals surface area contributed by atoms with Gasteiger partial charge in [-0.2, -0.15) is 0 Å². The summed E-state index contributed by atoms with van der Waals surface area (Å²) in [6, 6.07) is 13.1. The molecule has 0 aromatic heterocycles. The summed E-state index contributed by atoms with van der Waals surface area (Å²) >= 11 is 0. The highest BCUT2D eigenvalue weighted by Crippen LogP contribution is 2.48. The number of carbonyl (C=O) groups excluding carboxylic acids is 1. The molecular weight excluding hydrogens is 279 g/mol.